The number of fused-ring (bicyclic) bond motifs is 2. The van der Waals surface area contributed by atoms with Gasteiger partial charge in [-0.15, -0.1) is 0 Å². The van der Waals surface area contributed by atoms with Gasteiger partial charge in [-0.2, -0.15) is 5.10 Å². The summed E-state index contributed by atoms with van der Waals surface area (Å²) in [6, 6.07) is 41.9. The second-order valence-electron chi connectivity index (χ2n) is 11.4. The molecule has 0 aliphatic heterocycles. The standard InChI is InChI=1S/C42H29N5/c43-39-25-31(29-8-5-9-30(24-29)32-10-6-22-44-26-32)18-21-40(39)47-46-34-19-16-28(17-20-34)41-35-12-1-3-14-37(35)42(33-11-7-23-45-27-33)38-15-4-2-13-36(38)41/h1-27,43,46H/b43-39?,47-40-. The molecule has 0 amide bonds. The van der Waals surface area contributed by atoms with Gasteiger partial charge in [0.2, 0.25) is 0 Å². The molecular weight excluding hydrogens is 574 g/mol. The van der Waals surface area contributed by atoms with Crippen LogP contribution in [0.3, 0.4) is 0 Å². The first kappa shape index (κ1) is 28.0. The van der Waals surface area contributed by atoms with E-state index < -0.39 is 0 Å². The number of hydrogen-bond donors (Lipinski definition) is 2. The van der Waals surface area contributed by atoms with Gasteiger partial charge in [0.1, 0.15) is 5.71 Å². The smallest absolute Gasteiger partial charge is 0.108 e. The lowest BCUT2D eigenvalue weighted by atomic mass is 9.86. The van der Waals surface area contributed by atoms with Crippen LogP contribution in [0.5, 0.6) is 0 Å². The molecule has 222 valence electrons. The van der Waals surface area contributed by atoms with Gasteiger partial charge in [0.05, 0.1) is 11.4 Å². The Hall–Kier alpha value is -6.46. The van der Waals surface area contributed by atoms with E-state index in [1.807, 2.05) is 73.2 Å². The molecule has 2 aromatic heterocycles. The Labute approximate surface area is 272 Å². The van der Waals surface area contributed by atoms with Crippen molar-refractivity contribution in [2.24, 2.45) is 5.10 Å². The Morgan fingerprint density at radius 3 is 1.68 bits per heavy atom. The van der Waals surface area contributed by atoms with Gasteiger partial charge in [0, 0.05) is 35.9 Å². The highest BCUT2D eigenvalue weighted by molar-refractivity contribution is 6.51. The molecule has 5 nitrogen and oxygen atoms in total. The number of nitrogens with one attached hydrogen (secondary N) is 2. The predicted octanol–water partition coefficient (Wildman–Crippen LogP) is 10.2. The maximum atomic E-state index is 8.68. The molecule has 2 heterocycles. The van der Waals surface area contributed by atoms with Crippen LogP contribution in [0.15, 0.2) is 169 Å². The number of benzene rings is 5. The summed E-state index contributed by atoms with van der Waals surface area (Å²) in [5, 5.41) is 18.0. The summed E-state index contributed by atoms with van der Waals surface area (Å²) in [4.78, 5) is 8.65. The summed E-state index contributed by atoms with van der Waals surface area (Å²) >= 11 is 0. The SMILES string of the molecule is N=C1C=C(c2cccc(-c3cccnc3)c2)C=C/C1=N/Nc1ccc(-c2c3ccccc3c(-c3cccnc3)c3ccccc23)cc1. The zero-order chi connectivity index (χ0) is 31.6. The van der Waals surface area contributed by atoms with Crippen LogP contribution in [0.2, 0.25) is 0 Å². The zero-order valence-electron chi connectivity index (χ0n) is 25.4. The lowest BCUT2D eigenvalue weighted by Crippen LogP contribution is -2.13. The maximum Gasteiger partial charge on any atom is 0.108 e. The van der Waals surface area contributed by atoms with E-state index in [0.717, 1.165) is 39.1 Å². The number of allylic oxidation sites excluding steroid dienone is 4. The lowest BCUT2D eigenvalue weighted by Gasteiger charge is -2.17. The number of hydrazone groups is 1. The van der Waals surface area contributed by atoms with E-state index in [9.17, 15) is 0 Å². The fraction of sp³-hybridized carbons (Fsp3) is 0. The summed E-state index contributed by atoms with van der Waals surface area (Å²) in [6.07, 6.45) is 13.1. The average molecular weight is 604 g/mol. The van der Waals surface area contributed by atoms with E-state index in [0.29, 0.717) is 11.4 Å². The van der Waals surface area contributed by atoms with E-state index in [-0.39, 0.29) is 0 Å². The topological polar surface area (TPSA) is 74.0 Å². The molecule has 0 fully saturated rings. The van der Waals surface area contributed by atoms with Crippen LogP contribution in [-0.4, -0.2) is 21.4 Å². The fourth-order valence-corrected chi connectivity index (χ4v) is 6.32. The van der Waals surface area contributed by atoms with Gasteiger partial charge in [-0.25, -0.2) is 0 Å². The lowest BCUT2D eigenvalue weighted by molar-refractivity contribution is 1.33. The van der Waals surface area contributed by atoms with Gasteiger partial charge in [0.25, 0.3) is 0 Å². The van der Waals surface area contributed by atoms with E-state index in [2.05, 4.69) is 105 Å². The summed E-state index contributed by atoms with van der Waals surface area (Å²) in [5.74, 6) is 0. The third-order valence-corrected chi connectivity index (χ3v) is 8.55. The molecule has 47 heavy (non-hydrogen) atoms. The highest BCUT2D eigenvalue weighted by Gasteiger charge is 2.16. The van der Waals surface area contributed by atoms with E-state index in [4.69, 9.17) is 5.41 Å². The van der Waals surface area contributed by atoms with Crippen molar-refractivity contribution in [2.75, 3.05) is 5.43 Å². The number of rotatable bonds is 6. The van der Waals surface area contributed by atoms with Crippen molar-refractivity contribution in [3.05, 3.63) is 170 Å². The van der Waals surface area contributed by atoms with Crippen LogP contribution in [0, 0.1) is 5.41 Å². The third kappa shape index (κ3) is 5.40. The van der Waals surface area contributed by atoms with Crippen molar-refractivity contribution in [3.63, 3.8) is 0 Å². The molecule has 0 radical (unpaired) electrons. The van der Waals surface area contributed by atoms with Crippen LogP contribution < -0.4 is 5.43 Å². The monoisotopic (exact) mass is 603 g/mol. The third-order valence-electron chi connectivity index (χ3n) is 8.55. The van der Waals surface area contributed by atoms with Gasteiger partial charge < -0.3 is 0 Å². The molecule has 0 saturated heterocycles. The van der Waals surface area contributed by atoms with Gasteiger partial charge in [-0.1, -0.05) is 97.1 Å². The first-order chi connectivity index (χ1) is 23.2. The first-order valence-corrected chi connectivity index (χ1v) is 15.5. The molecule has 2 N–H and O–H groups in total. The molecule has 5 heteroatoms. The largest absolute Gasteiger partial charge is 0.299 e. The molecule has 1 aliphatic carbocycles. The maximum absolute atomic E-state index is 8.68. The van der Waals surface area contributed by atoms with E-state index in [1.54, 1.807) is 6.20 Å². The predicted molar refractivity (Wildman–Crippen MR) is 196 cm³/mol. The van der Waals surface area contributed by atoms with Crippen LogP contribution in [0.1, 0.15) is 5.56 Å². The van der Waals surface area contributed by atoms with Crippen molar-refractivity contribution in [1.82, 2.24) is 9.97 Å². The Morgan fingerprint density at radius 2 is 1.09 bits per heavy atom. The van der Waals surface area contributed by atoms with Crippen molar-refractivity contribution in [3.8, 4) is 33.4 Å². The van der Waals surface area contributed by atoms with Gasteiger partial charge in [0.15, 0.2) is 0 Å². The number of aromatic nitrogens is 2. The van der Waals surface area contributed by atoms with Gasteiger partial charge in [-0.05, 0) is 97.4 Å². The summed E-state index contributed by atoms with van der Waals surface area (Å²) < 4.78 is 0. The molecular formula is C42H29N5. The number of hydrogen-bond acceptors (Lipinski definition) is 5. The normalized spacial score (nSPS) is 13.7. The highest BCUT2D eigenvalue weighted by atomic mass is 15.3. The summed E-state index contributed by atoms with van der Waals surface area (Å²) in [5.41, 5.74) is 13.7. The minimum Gasteiger partial charge on any atom is -0.299 e. The molecule has 0 saturated carbocycles. The molecule has 0 bridgehead atoms. The van der Waals surface area contributed by atoms with Gasteiger partial charge in [-0.3, -0.25) is 20.8 Å². The molecule has 5 aromatic carbocycles. The quantitative estimate of drug-likeness (QED) is 0.113. The number of anilines is 1. The van der Waals surface area contributed by atoms with Crippen molar-refractivity contribution < 1.29 is 0 Å². The van der Waals surface area contributed by atoms with Crippen LogP contribution >= 0.6 is 0 Å². The Kier molecular flexibility index (Phi) is 7.25. The second kappa shape index (κ2) is 12.1. The van der Waals surface area contributed by atoms with Crippen molar-refractivity contribution in [2.45, 2.75) is 0 Å². The first-order valence-electron chi connectivity index (χ1n) is 15.5. The molecule has 0 spiro atoms. The molecule has 0 unspecified atom stereocenters. The summed E-state index contributed by atoms with van der Waals surface area (Å²) in [6.45, 7) is 0. The fourth-order valence-electron chi connectivity index (χ4n) is 6.32. The second-order valence-corrected chi connectivity index (χ2v) is 11.4. The Bertz CT molecular complexity index is 2310. The number of pyridine rings is 2. The highest BCUT2D eigenvalue weighted by Crippen LogP contribution is 2.43. The summed E-state index contributed by atoms with van der Waals surface area (Å²) in [7, 11) is 0. The van der Waals surface area contributed by atoms with E-state index >= 15 is 0 Å². The minimum atomic E-state index is 0.352. The Balaban J connectivity index is 1.07. The molecule has 7 aromatic rings. The molecule has 1 aliphatic rings. The average Bonchev–Trinajstić information content (AvgIpc) is 3.14. The number of nitrogens with zero attached hydrogens (tertiary/aromatic N) is 3. The minimum absolute atomic E-state index is 0.352. The van der Waals surface area contributed by atoms with Crippen molar-refractivity contribution >= 4 is 44.2 Å². The van der Waals surface area contributed by atoms with Gasteiger partial charge >= 0.3 is 0 Å². The van der Waals surface area contributed by atoms with Crippen molar-refractivity contribution in [1.29, 1.82) is 5.41 Å². The van der Waals surface area contributed by atoms with Crippen LogP contribution in [-0.2, 0) is 0 Å². The molecule has 0 atom stereocenters. The molecule has 8 rings (SSSR count). The van der Waals surface area contributed by atoms with Crippen LogP contribution in [0.25, 0.3) is 60.5 Å². The van der Waals surface area contributed by atoms with Crippen LogP contribution in [0.4, 0.5) is 5.69 Å². The zero-order valence-corrected chi connectivity index (χ0v) is 25.4. The Morgan fingerprint density at radius 1 is 0.511 bits per heavy atom. The van der Waals surface area contributed by atoms with E-state index in [1.165, 1.54) is 32.7 Å².